The Hall–Kier alpha value is -1.88. The molecule has 0 amide bonds. The van der Waals surface area contributed by atoms with E-state index in [1.54, 1.807) is 4.68 Å². The number of ether oxygens (including phenoxy) is 1. The third kappa shape index (κ3) is 3.04. The zero-order valence-corrected chi connectivity index (χ0v) is 10.00. The summed E-state index contributed by atoms with van der Waals surface area (Å²) in [5.41, 5.74) is 7.67. The Labute approximate surface area is 100 Å². The Balaban J connectivity index is 2.01. The maximum absolute atomic E-state index is 5.81. The zero-order chi connectivity index (χ0) is 12.3. The minimum atomic E-state index is 0.00932. The molecule has 0 spiro atoms. The highest BCUT2D eigenvalue weighted by molar-refractivity contribution is 5.30. The van der Waals surface area contributed by atoms with Crippen LogP contribution in [0.1, 0.15) is 24.2 Å². The molecule has 1 heterocycles. The summed E-state index contributed by atoms with van der Waals surface area (Å²) in [7, 11) is 1.83. The SMILES string of the molecule is C[C@@H](N)c1cccc(OCc2cn(C)nn2)c1. The molecule has 1 aromatic heterocycles. The molecule has 0 saturated carbocycles. The van der Waals surface area contributed by atoms with E-state index in [-0.39, 0.29) is 6.04 Å². The molecule has 1 aromatic carbocycles. The fourth-order valence-electron chi connectivity index (χ4n) is 1.51. The van der Waals surface area contributed by atoms with Crippen LogP contribution in [0.3, 0.4) is 0 Å². The van der Waals surface area contributed by atoms with Gasteiger partial charge in [0.25, 0.3) is 0 Å². The Bertz CT molecular complexity index is 493. The Morgan fingerprint density at radius 3 is 2.94 bits per heavy atom. The van der Waals surface area contributed by atoms with Gasteiger partial charge in [0.1, 0.15) is 18.1 Å². The van der Waals surface area contributed by atoms with Gasteiger partial charge in [-0.25, -0.2) is 0 Å². The van der Waals surface area contributed by atoms with Crippen molar-refractivity contribution in [3.8, 4) is 5.75 Å². The van der Waals surface area contributed by atoms with Gasteiger partial charge in [-0.05, 0) is 24.6 Å². The van der Waals surface area contributed by atoms with Crippen molar-refractivity contribution in [2.75, 3.05) is 0 Å². The maximum Gasteiger partial charge on any atom is 0.134 e. The van der Waals surface area contributed by atoms with Crippen molar-refractivity contribution in [3.63, 3.8) is 0 Å². The van der Waals surface area contributed by atoms with Crippen LogP contribution in [0, 0.1) is 0 Å². The molecular formula is C12H16N4O. The van der Waals surface area contributed by atoms with Gasteiger partial charge in [0, 0.05) is 13.1 Å². The molecule has 90 valence electrons. The van der Waals surface area contributed by atoms with Crippen molar-refractivity contribution in [1.29, 1.82) is 0 Å². The number of hydrogen-bond donors (Lipinski definition) is 1. The highest BCUT2D eigenvalue weighted by Gasteiger charge is 2.03. The van der Waals surface area contributed by atoms with E-state index in [2.05, 4.69) is 10.3 Å². The van der Waals surface area contributed by atoms with Crippen LogP contribution in [0.15, 0.2) is 30.5 Å². The minimum Gasteiger partial charge on any atom is -0.487 e. The van der Waals surface area contributed by atoms with Crippen LogP contribution in [0.5, 0.6) is 5.75 Å². The number of nitrogens with zero attached hydrogens (tertiary/aromatic N) is 3. The number of hydrogen-bond acceptors (Lipinski definition) is 4. The van der Waals surface area contributed by atoms with Crippen LogP contribution >= 0.6 is 0 Å². The van der Waals surface area contributed by atoms with Crippen molar-refractivity contribution in [3.05, 3.63) is 41.7 Å². The summed E-state index contributed by atoms with van der Waals surface area (Å²) in [6.07, 6.45) is 1.83. The van der Waals surface area contributed by atoms with Crippen molar-refractivity contribution in [2.24, 2.45) is 12.8 Å². The lowest BCUT2D eigenvalue weighted by molar-refractivity contribution is 0.300. The standard InChI is InChI=1S/C12H16N4O/c1-9(13)10-4-3-5-12(6-10)17-8-11-7-16(2)15-14-11/h3-7,9H,8,13H2,1-2H3/t9-/m1/s1. The topological polar surface area (TPSA) is 66.0 Å². The predicted octanol–water partition coefficient (Wildman–Crippen LogP) is 1.41. The molecule has 0 radical (unpaired) electrons. The Kier molecular flexibility index (Phi) is 3.39. The van der Waals surface area contributed by atoms with E-state index in [1.807, 2.05) is 44.4 Å². The number of aryl methyl sites for hydroxylation is 1. The summed E-state index contributed by atoms with van der Waals surface area (Å²) in [5, 5.41) is 7.79. The lowest BCUT2D eigenvalue weighted by atomic mass is 10.1. The molecule has 5 nitrogen and oxygen atoms in total. The van der Waals surface area contributed by atoms with E-state index in [1.165, 1.54) is 0 Å². The smallest absolute Gasteiger partial charge is 0.134 e. The van der Waals surface area contributed by atoms with E-state index in [0.717, 1.165) is 17.0 Å². The van der Waals surface area contributed by atoms with Crippen molar-refractivity contribution < 1.29 is 4.74 Å². The van der Waals surface area contributed by atoms with Crippen LogP contribution in [0.25, 0.3) is 0 Å². The molecule has 0 aliphatic carbocycles. The zero-order valence-electron chi connectivity index (χ0n) is 10.00. The highest BCUT2D eigenvalue weighted by Crippen LogP contribution is 2.18. The third-order valence-electron chi connectivity index (χ3n) is 2.42. The molecule has 2 rings (SSSR count). The van der Waals surface area contributed by atoms with Crippen molar-refractivity contribution in [1.82, 2.24) is 15.0 Å². The molecule has 0 bridgehead atoms. The van der Waals surface area contributed by atoms with Gasteiger partial charge >= 0.3 is 0 Å². The number of rotatable bonds is 4. The summed E-state index contributed by atoms with van der Waals surface area (Å²) in [6.45, 7) is 2.36. The van der Waals surface area contributed by atoms with Crippen molar-refractivity contribution >= 4 is 0 Å². The first-order chi connectivity index (χ1) is 8.15. The molecule has 0 fully saturated rings. The van der Waals surface area contributed by atoms with Crippen molar-refractivity contribution in [2.45, 2.75) is 19.6 Å². The summed E-state index contributed by atoms with van der Waals surface area (Å²) < 4.78 is 7.27. The average Bonchev–Trinajstić information content (AvgIpc) is 2.73. The second-order valence-corrected chi connectivity index (χ2v) is 4.03. The van der Waals surface area contributed by atoms with Gasteiger partial charge in [-0.1, -0.05) is 17.3 Å². The molecule has 1 atom stereocenters. The number of nitrogens with two attached hydrogens (primary N) is 1. The summed E-state index contributed by atoms with van der Waals surface area (Å²) >= 11 is 0. The van der Waals surface area contributed by atoms with Gasteiger partial charge in [0.15, 0.2) is 0 Å². The van der Waals surface area contributed by atoms with E-state index < -0.39 is 0 Å². The molecule has 2 N–H and O–H groups in total. The van der Waals surface area contributed by atoms with Crippen LogP contribution < -0.4 is 10.5 Å². The summed E-state index contributed by atoms with van der Waals surface area (Å²) in [4.78, 5) is 0. The normalized spacial score (nSPS) is 12.4. The van der Waals surface area contributed by atoms with E-state index in [4.69, 9.17) is 10.5 Å². The first-order valence-corrected chi connectivity index (χ1v) is 5.48. The molecule has 5 heteroatoms. The predicted molar refractivity (Wildman–Crippen MR) is 64.4 cm³/mol. The molecule has 0 saturated heterocycles. The fraction of sp³-hybridized carbons (Fsp3) is 0.333. The largest absolute Gasteiger partial charge is 0.487 e. The third-order valence-corrected chi connectivity index (χ3v) is 2.42. The first-order valence-electron chi connectivity index (χ1n) is 5.48. The van der Waals surface area contributed by atoms with Gasteiger partial charge < -0.3 is 10.5 Å². The average molecular weight is 232 g/mol. The van der Waals surface area contributed by atoms with Crippen LogP contribution in [0.4, 0.5) is 0 Å². The Morgan fingerprint density at radius 1 is 1.47 bits per heavy atom. The van der Waals surface area contributed by atoms with E-state index in [0.29, 0.717) is 6.61 Å². The van der Waals surface area contributed by atoms with E-state index >= 15 is 0 Å². The quantitative estimate of drug-likeness (QED) is 0.865. The van der Waals surface area contributed by atoms with E-state index in [9.17, 15) is 0 Å². The highest BCUT2D eigenvalue weighted by atomic mass is 16.5. The van der Waals surface area contributed by atoms with Gasteiger partial charge in [0.2, 0.25) is 0 Å². The molecule has 17 heavy (non-hydrogen) atoms. The number of aromatic nitrogens is 3. The molecular weight excluding hydrogens is 216 g/mol. The monoisotopic (exact) mass is 232 g/mol. The van der Waals surface area contributed by atoms with Gasteiger partial charge in [-0.2, -0.15) is 0 Å². The summed E-state index contributed by atoms with van der Waals surface area (Å²) in [5.74, 6) is 0.797. The fourth-order valence-corrected chi connectivity index (χ4v) is 1.51. The number of benzene rings is 1. The second kappa shape index (κ2) is 4.97. The van der Waals surface area contributed by atoms with Gasteiger partial charge in [-0.15, -0.1) is 5.10 Å². The Morgan fingerprint density at radius 2 is 2.29 bits per heavy atom. The van der Waals surface area contributed by atoms with Crippen LogP contribution in [-0.2, 0) is 13.7 Å². The second-order valence-electron chi connectivity index (χ2n) is 4.03. The molecule has 2 aromatic rings. The van der Waals surface area contributed by atoms with Gasteiger partial charge in [-0.3, -0.25) is 4.68 Å². The molecule has 0 aliphatic rings. The molecule has 0 aliphatic heterocycles. The van der Waals surface area contributed by atoms with Crippen LogP contribution in [0.2, 0.25) is 0 Å². The maximum atomic E-state index is 5.81. The lowest BCUT2D eigenvalue weighted by Crippen LogP contribution is -2.05. The molecule has 0 unspecified atom stereocenters. The first kappa shape index (κ1) is 11.6. The van der Waals surface area contributed by atoms with Crippen LogP contribution in [-0.4, -0.2) is 15.0 Å². The summed E-state index contributed by atoms with van der Waals surface area (Å²) in [6, 6.07) is 7.78. The lowest BCUT2D eigenvalue weighted by Gasteiger charge is -2.08. The minimum absolute atomic E-state index is 0.00932. The van der Waals surface area contributed by atoms with Gasteiger partial charge in [0.05, 0.1) is 6.20 Å².